The van der Waals surface area contributed by atoms with E-state index in [0.29, 0.717) is 18.0 Å². The van der Waals surface area contributed by atoms with Gasteiger partial charge in [0, 0.05) is 23.2 Å². The zero-order valence-corrected chi connectivity index (χ0v) is 12.0. The predicted octanol–water partition coefficient (Wildman–Crippen LogP) is 3.52. The van der Waals surface area contributed by atoms with E-state index in [1.54, 1.807) is 0 Å². The Kier molecular flexibility index (Phi) is 4.60. The molecule has 0 spiro atoms. The topological polar surface area (TPSA) is 21.3 Å². The molecule has 2 nitrogen and oxygen atoms in total. The maximum absolute atomic E-state index is 5.44. The van der Waals surface area contributed by atoms with Crippen LogP contribution in [0.3, 0.4) is 0 Å². The van der Waals surface area contributed by atoms with E-state index in [4.69, 9.17) is 4.74 Å². The Bertz CT molecular complexity index is 363. The lowest BCUT2D eigenvalue weighted by molar-refractivity contribution is 0.177. The summed E-state index contributed by atoms with van der Waals surface area (Å²) in [7, 11) is 0. The highest BCUT2D eigenvalue weighted by Gasteiger charge is 2.23. The number of hydrogen-bond donors (Lipinski definition) is 1. The summed E-state index contributed by atoms with van der Waals surface area (Å²) in [5.74, 6) is 0.653. The molecule has 1 fully saturated rings. The molecule has 0 saturated carbocycles. The van der Waals surface area contributed by atoms with Crippen LogP contribution in [0.25, 0.3) is 0 Å². The Labute approximate surface area is 112 Å². The van der Waals surface area contributed by atoms with Crippen molar-refractivity contribution in [2.24, 2.45) is 5.92 Å². The first kappa shape index (κ1) is 13.1. The first-order chi connectivity index (χ1) is 8.18. The fraction of sp³-hybridized carbons (Fsp3) is 0.571. The van der Waals surface area contributed by atoms with Gasteiger partial charge in [-0.2, -0.15) is 0 Å². The molecule has 2 unspecified atom stereocenters. The zero-order chi connectivity index (χ0) is 12.3. The maximum atomic E-state index is 5.44. The molecule has 0 aromatic heterocycles. The minimum Gasteiger partial charge on any atom is -0.381 e. The number of ether oxygens (including phenoxy) is 1. The molecule has 0 radical (unpaired) electrons. The molecule has 0 amide bonds. The quantitative estimate of drug-likeness (QED) is 0.918. The van der Waals surface area contributed by atoms with Crippen LogP contribution in [0.5, 0.6) is 0 Å². The number of hydrogen-bond acceptors (Lipinski definition) is 2. The maximum Gasteiger partial charge on any atom is 0.0509 e. The van der Waals surface area contributed by atoms with Crippen LogP contribution in [0.1, 0.15) is 31.9 Å². The first-order valence-corrected chi connectivity index (χ1v) is 7.06. The van der Waals surface area contributed by atoms with E-state index in [0.717, 1.165) is 13.2 Å². The average molecular weight is 298 g/mol. The van der Waals surface area contributed by atoms with Crippen LogP contribution in [0.2, 0.25) is 0 Å². The molecular weight excluding hydrogens is 278 g/mol. The molecule has 17 heavy (non-hydrogen) atoms. The van der Waals surface area contributed by atoms with Crippen molar-refractivity contribution >= 4 is 15.9 Å². The molecule has 1 aromatic rings. The van der Waals surface area contributed by atoms with Gasteiger partial charge in [0.1, 0.15) is 0 Å². The molecule has 1 heterocycles. The summed E-state index contributed by atoms with van der Waals surface area (Å²) >= 11 is 3.61. The van der Waals surface area contributed by atoms with Crippen molar-refractivity contribution in [2.75, 3.05) is 13.2 Å². The van der Waals surface area contributed by atoms with Gasteiger partial charge >= 0.3 is 0 Å². The van der Waals surface area contributed by atoms with E-state index in [9.17, 15) is 0 Å². The van der Waals surface area contributed by atoms with E-state index in [2.05, 4.69) is 59.4 Å². The van der Waals surface area contributed by atoms with Crippen LogP contribution in [0.15, 0.2) is 28.7 Å². The highest BCUT2D eigenvalue weighted by molar-refractivity contribution is 9.10. The van der Waals surface area contributed by atoms with Gasteiger partial charge in [-0.1, -0.05) is 34.1 Å². The van der Waals surface area contributed by atoms with E-state index in [1.165, 1.54) is 16.5 Å². The summed E-state index contributed by atoms with van der Waals surface area (Å²) in [5, 5.41) is 3.67. The standard InChI is InChI=1S/C14H20BrNO/c1-10(12-7-8-17-9-12)16-11(2)13-5-3-4-6-14(13)15/h3-6,10-12,16H,7-9H2,1-2H3/t10?,11-,12?/m1/s1. The van der Waals surface area contributed by atoms with Crippen LogP contribution in [0, 0.1) is 5.92 Å². The first-order valence-electron chi connectivity index (χ1n) is 6.26. The molecule has 1 saturated heterocycles. The highest BCUT2D eigenvalue weighted by Crippen LogP contribution is 2.25. The van der Waals surface area contributed by atoms with E-state index in [1.807, 2.05) is 0 Å². The summed E-state index contributed by atoms with van der Waals surface area (Å²) < 4.78 is 6.62. The SMILES string of the molecule is CC(N[C@H](C)c1ccccc1Br)C1CCOC1. The zero-order valence-electron chi connectivity index (χ0n) is 10.4. The second-order valence-electron chi connectivity index (χ2n) is 4.82. The molecule has 0 bridgehead atoms. The van der Waals surface area contributed by atoms with Crippen molar-refractivity contribution in [3.8, 4) is 0 Å². The van der Waals surface area contributed by atoms with Gasteiger partial charge in [-0.05, 0) is 37.8 Å². The minimum absolute atomic E-state index is 0.362. The van der Waals surface area contributed by atoms with Crippen molar-refractivity contribution in [3.63, 3.8) is 0 Å². The molecule has 3 heteroatoms. The molecule has 1 aliphatic heterocycles. The van der Waals surface area contributed by atoms with Gasteiger partial charge in [0.05, 0.1) is 6.61 Å². The Morgan fingerprint density at radius 1 is 1.35 bits per heavy atom. The Morgan fingerprint density at radius 2 is 2.12 bits per heavy atom. The fourth-order valence-corrected chi connectivity index (χ4v) is 3.02. The second-order valence-corrected chi connectivity index (χ2v) is 5.68. The summed E-state index contributed by atoms with van der Waals surface area (Å²) in [6.07, 6.45) is 1.18. The van der Waals surface area contributed by atoms with Crippen LogP contribution in [-0.4, -0.2) is 19.3 Å². The van der Waals surface area contributed by atoms with E-state index < -0.39 is 0 Å². The fourth-order valence-electron chi connectivity index (χ4n) is 2.39. The van der Waals surface area contributed by atoms with Crippen LogP contribution in [-0.2, 0) is 4.74 Å². The Morgan fingerprint density at radius 3 is 2.76 bits per heavy atom. The van der Waals surface area contributed by atoms with Gasteiger partial charge in [0.2, 0.25) is 0 Å². The van der Waals surface area contributed by atoms with Crippen LogP contribution in [0.4, 0.5) is 0 Å². The highest BCUT2D eigenvalue weighted by atomic mass is 79.9. The second kappa shape index (κ2) is 5.98. The summed E-state index contributed by atoms with van der Waals surface area (Å²) in [5.41, 5.74) is 1.32. The monoisotopic (exact) mass is 297 g/mol. The number of nitrogens with one attached hydrogen (secondary N) is 1. The lowest BCUT2D eigenvalue weighted by Gasteiger charge is -2.25. The molecule has 1 N–H and O–H groups in total. The van der Waals surface area contributed by atoms with E-state index >= 15 is 0 Å². The third-order valence-corrected chi connectivity index (χ3v) is 4.28. The average Bonchev–Trinajstić information content (AvgIpc) is 2.82. The third kappa shape index (κ3) is 3.30. The van der Waals surface area contributed by atoms with E-state index in [-0.39, 0.29) is 0 Å². The summed E-state index contributed by atoms with van der Waals surface area (Å²) in [6, 6.07) is 9.26. The predicted molar refractivity (Wildman–Crippen MR) is 74.1 cm³/mol. The Balaban J connectivity index is 1.96. The number of benzene rings is 1. The van der Waals surface area contributed by atoms with Crippen LogP contribution >= 0.6 is 15.9 Å². The molecule has 2 rings (SSSR count). The van der Waals surface area contributed by atoms with Crippen molar-refractivity contribution in [1.82, 2.24) is 5.32 Å². The van der Waals surface area contributed by atoms with Crippen molar-refractivity contribution in [3.05, 3.63) is 34.3 Å². The van der Waals surface area contributed by atoms with Gasteiger partial charge in [-0.3, -0.25) is 0 Å². The molecule has 0 aliphatic carbocycles. The summed E-state index contributed by atoms with van der Waals surface area (Å²) in [6.45, 7) is 6.29. The number of rotatable bonds is 4. The van der Waals surface area contributed by atoms with Crippen molar-refractivity contribution < 1.29 is 4.74 Å². The molecule has 1 aliphatic rings. The lowest BCUT2D eigenvalue weighted by atomic mass is 9.98. The van der Waals surface area contributed by atoms with Gasteiger partial charge in [0.15, 0.2) is 0 Å². The van der Waals surface area contributed by atoms with Gasteiger partial charge in [-0.25, -0.2) is 0 Å². The normalized spacial score (nSPS) is 23.6. The Hall–Kier alpha value is -0.380. The van der Waals surface area contributed by atoms with Crippen molar-refractivity contribution in [1.29, 1.82) is 0 Å². The number of halogens is 1. The smallest absolute Gasteiger partial charge is 0.0509 e. The molecule has 3 atom stereocenters. The van der Waals surface area contributed by atoms with Gasteiger partial charge in [0.25, 0.3) is 0 Å². The minimum atomic E-state index is 0.362. The van der Waals surface area contributed by atoms with Crippen LogP contribution < -0.4 is 5.32 Å². The van der Waals surface area contributed by atoms with Gasteiger partial charge < -0.3 is 10.1 Å². The third-order valence-electron chi connectivity index (χ3n) is 3.56. The molecule has 1 aromatic carbocycles. The van der Waals surface area contributed by atoms with Gasteiger partial charge in [-0.15, -0.1) is 0 Å². The molecule has 94 valence electrons. The largest absolute Gasteiger partial charge is 0.381 e. The lowest BCUT2D eigenvalue weighted by Crippen LogP contribution is -2.35. The van der Waals surface area contributed by atoms with Crippen molar-refractivity contribution in [2.45, 2.75) is 32.4 Å². The molecular formula is C14H20BrNO. The summed E-state index contributed by atoms with van der Waals surface area (Å²) in [4.78, 5) is 0.